The Balaban J connectivity index is 2.02. The first-order valence-electron chi connectivity index (χ1n) is 5.00. The molecule has 0 aliphatic carbocycles. The number of halogens is 1. The van der Waals surface area contributed by atoms with Gasteiger partial charge in [0.25, 0.3) is 0 Å². The molecule has 80 valence electrons. The van der Waals surface area contributed by atoms with Gasteiger partial charge in [-0.15, -0.1) is 0 Å². The Morgan fingerprint density at radius 2 is 2.53 bits per heavy atom. The van der Waals surface area contributed by atoms with Crippen LogP contribution in [0.4, 0.5) is 0 Å². The second kappa shape index (κ2) is 4.73. The highest BCUT2D eigenvalue weighted by atomic mass is 35.5. The summed E-state index contributed by atoms with van der Waals surface area (Å²) in [5.41, 5.74) is 0.826. The van der Waals surface area contributed by atoms with Gasteiger partial charge in [-0.1, -0.05) is 11.6 Å². The molecule has 1 aliphatic rings. The normalized spacial score (nSPS) is 20.5. The summed E-state index contributed by atoms with van der Waals surface area (Å²) in [6.45, 7) is 0.695. The number of carbonyl (C=O) groups is 1. The predicted octanol–water partition coefficient (Wildman–Crippen LogP) is 2.03. The Morgan fingerprint density at radius 3 is 3.20 bits per heavy atom. The number of hydrogen-bond acceptors (Lipinski definition) is 3. The van der Waals surface area contributed by atoms with Crippen LogP contribution in [0.1, 0.15) is 18.4 Å². The SMILES string of the molecule is O=C(Cc1ccncc1Cl)C1CCCO1. The van der Waals surface area contributed by atoms with E-state index in [1.807, 2.05) is 0 Å². The van der Waals surface area contributed by atoms with Crippen LogP contribution in [0.5, 0.6) is 0 Å². The van der Waals surface area contributed by atoms with Crippen LogP contribution in [0.15, 0.2) is 18.5 Å². The molecule has 1 aromatic rings. The van der Waals surface area contributed by atoms with Gasteiger partial charge in [0, 0.05) is 25.4 Å². The third-order valence-electron chi connectivity index (χ3n) is 2.51. The van der Waals surface area contributed by atoms with Crippen LogP contribution in [-0.2, 0) is 16.0 Å². The molecule has 0 aromatic carbocycles. The van der Waals surface area contributed by atoms with Gasteiger partial charge in [0.2, 0.25) is 0 Å². The number of carbonyl (C=O) groups excluding carboxylic acids is 1. The molecule has 4 heteroatoms. The van der Waals surface area contributed by atoms with Crippen molar-refractivity contribution in [2.75, 3.05) is 6.61 Å². The molecule has 1 atom stereocenters. The minimum absolute atomic E-state index is 0.112. The van der Waals surface area contributed by atoms with Crippen molar-refractivity contribution in [3.63, 3.8) is 0 Å². The lowest BCUT2D eigenvalue weighted by molar-refractivity contribution is -0.127. The van der Waals surface area contributed by atoms with E-state index in [4.69, 9.17) is 16.3 Å². The third kappa shape index (κ3) is 2.55. The monoisotopic (exact) mass is 225 g/mol. The molecule has 1 fully saturated rings. The molecular formula is C11H12ClNO2. The van der Waals surface area contributed by atoms with Gasteiger partial charge in [-0.3, -0.25) is 9.78 Å². The highest BCUT2D eigenvalue weighted by Gasteiger charge is 2.23. The Hall–Kier alpha value is -0.930. The molecule has 0 radical (unpaired) electrons. The fourth-order valence-corrected chi connectivity index (χ4v) is 1.87. The zero-order chi connectivity index (χ0) is 10.7. The molecule has 1 unspecified atom stereocenters. The Bertz CT molecular complexity index is 361. The van der Waals surface area contributed by atoms with Crippen molar-refractivity contribution in [3.8, 4) is 0 Å². The van der Waals surface area contributed by atoms with Crippen LogP contribution in [0.25, 0.3) is 0 Å². The van der Waals surface area contributed by atoms with Gasteiger partial charge in [0.15, 0.2) is 5.78 Å². The highest BCUT2D eigenvalue weighted by Crippen LogP contribution is 2.18. The van der Waals surface area contributed by atoms with Crippen LogP contribution in [0.2, 0.25) is 5.02 Å². The van der Waals surface area contributed by atoms with Crippen LogP contribution in [0, 0.1) is 0 Å². The molecule has 0 N–H and O–H groups in total. The maximum atomic E-state index is 11.8. The van der Waals surface area contributed by atoms with Crippen molar-refractivity contribution in [3.05, 3.63) is 29.0 Å². The molecule has 2 heterocycles. The first kappa shape index (κ1) is 10.6. The van der Waals surface area contributed by atoms with Gasteiger partial charge in [0.1, 0.15) is 6.10 Å². The van der Waals surface area contributed by atoms with E-state index in [1.165, 1.54) is 0 Å². The largest absolute Gasteiger partial charge is 0.370 e. The lowest BCUT2D eigenvalue weighted by Crippen LogP contribution is -2.21. The summed E-state index contributed by atoms with van der Waals surface area (Å²) in [6, 6.07) is 1.77. The average molecular weight is 226 g/mol. The number of rotatable bonds is 3. The molecule has 1 aliphatic heterocycles. The fourth-order valence-electron chi connectivity index (χ4n) is 1.68. The second-order valence-corrected chi connectivity index (χ2v) is 4.02. The predicted molar refractivity (Wildman–Crippen MR) is 56.9 cm³/mol. The molecule has 1 aromatic heterocycles. The molecular weight excluding hydrogens is 214 g/mol. The van der Waals surface area contributed by atoms with Gasteiger partial charge >= 0.3 is 0 Å². The third-order valence-corrected chi connectivity index (χ3v) is 2.85. The minimum atomic E-state index is -0.228. The number of nitrogens with zero attached hydrogens (tertiary/aromatic N) is 1. The van der Waals surface area contributed by atoms with E-state index in [1.54, 1.807) is 18.5 Å². The molecule has 0 spiro atoms. The summed E-state index contributed by atoms with van der Waals surface area (Å²) in [6.07, 6.45) is 5.12. The van der Waals surface area contributed by atoms with Gasteiger partial charge in [-0.25, -0.2) is 0 Å². The topological polar surface area (TPSA) is 39.2 Å². The van der Waals surface area contributed by atoms with Crippen molar-refractivity contribution >= 4 is 17.4 Å². The number of aromatic nitrogens is 1. The van der Waals surface area contributed by atoms with Gasteiger partial charge in [0.05, 0.1) is 5.02 Å². The molecule has 15 heavy (non-hydrogen) atoms. The molecule has 1 saturated heterocycles. The Kier molecular flexibility index (Phi) is 3.34. The molecule has 0 saturated carbocycles. The number of Topliss-reactive ketones (excluding diaryl/α,β-unsaturated/α-hetero) is 1. The van der Waals surface area contributed by atoms with Gasteiger partial charge in [-0.2, -0.15) is 0 Å². The van der Waals surface area contributed by atoms with E-state index in [0.29, 0.717) is 18.1 Å². The number of ketones is 1. The molecule has 0 amide bonds. The quantitative estimate of drug-likeness (QED) is 0.790. The summed E-state index contributed by atoms with van der Waals surface area (Å²) < 4.78 is 5.32. The lowest BCUT2D eigenvalue weighted by Gasteiger charge is -2.08. The smallest absolute Gasteiger partial charge is 0.165 e. The van der Waals surface area contributed by atoms with Crippen molar-refractivity contribution in [1.82, 2.24) is 4.98 Å². The number of pyridine rings is 1. The first-order chi connectivity index (χ1) is 7.27. The summed E-state index contributed by atoms with van der Waals surface area (Å²) in [4.78, 5) is 15.6. The zero-order valence-electron chi connectivity index (χ0n) is 8.28. The number of hydrogen-bond donors (Lipinski definition) is 0. The Morgan fingerprint density at radius 1 is 1.67 bits per heavy atom. The van der Waals surface area contributed by atoms with E-state index in [-0.39, 0.29) is 11.9 Å². The lowest BCUT2D eigenvalue weighted by atomic mass is 10.0. The standard InChI is InChI=1S/C11H12ClNO2/c12-9-7-13-4-3-8(9)6-10(14)11-2-1-5-15-11/h3-4,7,11H,1-2,5-6H2. The minimum Gasteiger partial charge on any atom is -0.370 e. The summed E-state index contributed by atoms with van der Waals surface area (Å²) >= 11 is 5.92. The summed E-state index contributed by atoms with van der Waals surface area (Å²) in [5, 5.41) is 0.545. The van der Waals surface area contributed by atoms with Crippen molar-refractivity contribution in [2.45, 2.75) is 25.4 Å². The number of ether oxygens (including phenoxy) is 1. The Labute approximate surface area is 93.4 Å². The molecule has 2 rings (SSSR count). The van der Waals surface area contributed by atoms with Gasteiger partial charge in [-0.05, 0) is 24.5 Å². The summed E-state index contributed by atoms with van der Waals surface area (Å²) in [7, 11) is 0. The first-order valence-corrected chi connectivity index (χ1v) is 5.38. The maximum Gasteiger partial charge on any atom is 0.165 e. The maximum absolute atomic E-state index is 11.8. The van der Waals surface area contributed by atoms with Crippen molar-refractivity contribution in [2.24, 2.45) is 0 Å². The summed E-state index contributed by atoms with van der Waals surface area (Å²) in [5.74, 6) is 0.112. The zero-order valence-corrected chi connectivity index (χ0v) is 9.04. The highest BCUT2D eigenvalue weighted by molar-refractivity contribution is 6.31. The van der Waals surface area contributed by atoms with E-state index in [9.17, 15) is 4.79 Å². The van der Waals surface area contributed by atoms with Crippen LogP contribution in [-0.4, -0.2) is 23.5 Å². The molecule has 0 bridgehead atoms. The van der Waals surface area contributed by atoms with Gasteiger partial charge < -0.3 is 4.74 Å². The van der Waals surface area contributed by atoms with E-state index < -0.39 is 0 Å². The van der Waals surface area contributed by atoms with Crippen molar-refractivity contribution < 1.29 is 9.53 Å². The van der Waals surface area contributed by atoms with Crippen LogP contribution in [0.3, 0.4) is 0 Å². The van der Waals surface area contributed by atoms with E-state index >= 15 is 0 Å². The fraction of sp³-hybridized carbons (Fsp3) is 0.455. The van der Waals surface area contributed by atoms with Crippen molar-refractivity contribution in [1.29, 1.82) is 0 Å². The molecule has 3 nitrogen and oxygen atoms in total. The second-order valence-electron chi connectivity index (χ2n) is 3.61. The van der Waals surface area contributed by atoms with E-state index in [2.05, 4.69) is 4.98 Å². The van der Waals surface area contributed by atoms with E-state index in [0.717, 1.165) is 18.4 Å². The average Bonchev–Trinajstić information content (AvgIpc) is 2.74. The van der Waals surface area contributed by atoms with Crippen LogP contribution < -0.4 is 0 Å². The van der Waals surface area contributed by atoms with Crippen LogP contribution >= 0.6 is 11.6 Å².